The fraction of sp³-hybridized carbons (Fsp3) is 0.462. The van der Waals surface area contributed by atoms with Crippen LogP contribution in [-0.2, 0) is 10.2 Å². The SMILES string of the molecule is CC1CCCN(S(=O)(=O)Nc2cc(Br)ccc2C#N)C1. The van der Waals surface area contributed by atoms with Gasteiger partial charge >= 0.3 is 10.2 Å². The van der Waals surface area contributed by atoms with Gasteiger partial charge in [0.05, 0.1) is 11.3 Å². The monoisotopic (exact) mass is 357 g/mol. The maximum Gasteiger partial charge on any atom is 0.301 e. The summed E-state index contributed by atoms with van der Waals surface area (Å²) in [6.45, 7) is 3.09. The van der Waals surface area contributed by atoms with Gasteiger partial charge in [-0.1, -0.05) is 22.9 Å². The average molecular weight is 358 g/mol. The minimum atomic E-state index is -3.61. The van der Waals surface area contributed by atoms with Crippen LogP contribution in [0.5, 0.6) is 0 Å². The van der Waals surface area contributed by atoms with Crippen LogP contribution in [0.4, 0.5) is 5.69 Å². The molecule has 0 saturated carbocycles. The van der Waals surface area contributed by atoms with Crippen molar-refractivity contribution in [3.8, 4) is 6.07 Å². The maximum absolute atomic E-state index is 12.4. The first-order valence-corrected chi connectivity index (χ1v) is 8.63. The molecular formula is C13H16BrN3O2S. The van der Waals surface area contributed by atoms with E-state index in [2.05, 4.69) is 20.7 Å². The van der Waals surface area contributed by atoms with Gasteiger partial charge in [0.25, 0.3) is 0 Å². The summed E-state index contributed by atoms with van der Waals surface area (Å²) < 4.78 is 29.4. The molecule has 1 unspecified atom stereocenters. The molecule has 2 rings (SSSR count). The van der Waals surface area contributed by atoms with Crippen LogP contribution >= 0.6 is 15.9 Å². The second kappa shape index (κ2) is 6.12. The summed E-state index contributed by atoms with van der Waals surface area (Å²) in [5.74, 6) is 0.360. The van der Waals surface area contributed by atoms with Gasteiger partial charge in [0.2, 0.25) is 0 Å². The molecule has 0 spiro atoms. The van der Waals surface area contributed by atoms with E-state index in [9.17, 15) is 8.42 Å². The molecule has 0 amide bonds. The number of nitrogens with zero attached hydrogens (tertiary/aromatic N) is 2. The number of hydrogen-bond donors (Lipinski definition) is 1. The lowest BCUT2D eigenvalue weighted by Gasteiger charge is -2.30. The zero-order valence-electron chi connectivity index (χ0n) is 11.1. The van der Waals surface area contributed by atoms with E-state index in [0.717, 1.165) is 17.3 Å². The number of rotatable bonds is 3. The molecule has 0 radical (unpaired) electrons. The molecule has 1 heterocycles. The molecule has 1 fully saturated rings. The molecule has 1 aliphatic rings. The summed E-state index contributed by atoms with van der Waals surface area (Å²) in [7, 11) is -3.61. The molecule has 0 aromatic heterocycles. The molecule has 0 aliphatic carbocycles. The van der Waals surface area contributed by atoms with E-state index in [1.807, 2.05) is 13.0 Å². The molecule has 1 aliphatic heterocycles. The highest BCUT2D eigenvalue weighted by Gasteiger charge is 2.27. The zero-order chi connectivity index (χ0) is 14.8. The molecular weight excluding hydrogens is 342 g/mol. The van der Waals surface area contributed by atoms with Crippen LogP contribution in [0.25, 0.3) is 0 Å². The van der Waals surface area contributed by atoms with Crippen molar-refractivity contribution in [1.29, 1.82) is 5.26 Å². The predicted octanol–water partition coefficient (Wildman–Crippen LogP) is 2.71. The van der Waals surface area contributed by atoms with Crippen LogP contribution < -0.4 is 4.72 Å². The predicted molar refractivity (Wildman–Crippen MR) is 81.4 cm³/mol. The van der Waals surface area contributed by atoms with Crippen molar-refractivity contribution in [1.82, 2.24) is 4.31 Å². The van der Waals surface area contributed by atoms with Gasteiger partial charge in [-0.2, -0.15) is 18.0 Å². The Bertz CT molecular complexity index is 640. The molecule has 7 heteroatoms. The molecule has 108 valence electrons. The lowest BCUT2D eigenvalue weighted by Crippen LogP contribution is -2.42. The second-order valence-corrected chi connectivity index (χ2v) is 7.60. The largest absolute Gasteiger partial charge is 0.301 e. The van der Waals surface area contributed by atoms with Crippen molar-refractivity contribution < 1.29 is 8.42 Å². The third-order valence-electron chi connectivity index (χ3n) is 3.30. The number of halogens is 1. The van der Waals surface area contributed by atoms with Crippen LogP contribution in [0, 0.1) is 17.2 Å². The van der Waals surface area contributed by atoms with Gasteiger partial charge in [0.1, 0.15) is 6.07 Å². The number of piperidine rings is 1. The minimum absolute atomic E-state index is 0.306. The molecule has 1 aromatic rings. The highest BCUT2D eigenvalue weighted by molar-refractivity contribution is 9.10. The van der Waals surface area contributed by atoms with E-state index in [1.54, 1.807) is 18.2 Å². The summed E-state index contributed by atoms with van der Waals surface area (Å²) >= 11 is 3.28. The Morgan fingerprint density at radius 1 is 1.50 bits per heavy atom. The van der Waals surface area contributed by atoms with Gasteiger partial charge in [0, 0.05) is 17.6 Å². The summed E-state index contributed by atoms with van der Waals surface area (Å²) in [4.78, 5) is 0. The Morgan fingerprint density at radius 2 is 2.25 bits per heavy atom. The van der Waals surface area contributed by atoms with E-state index in [0.29, 0.717) is 30.3 Å². The average Bonchev–Trinajstić information content (AvgIpc) is 2.38. The van der Waals surface area contributed by atoms with E-state index >= 15 is 0 Å². The van der Waals surface area contributed by atoms with Crippen molar-refractivity contribution in [3.63, 3.8) is 0 Å². The Labute approximate surface area is 127 Å². The summed E-state index contributed by atoms with van der Waals surface area (Å²) in [5.41, 5.74) is 0.613. The van der Waals surface area contributed by atoms with Crippen LogP contribution in [0.2, 0.25) is 0 Å². The quantitative estimate of drug-likeness (QED) is 0.903. The van der Waals surface area contributed by atoms with Gasteiger partial charge in [-0.25, -0.2) is 0 Å². The van der Waals surface area contributed by atoms with E-state index in [-0.39, 0.29) is 0 Å². The lowest BCUT2D eigenvalue weighted by molar-refractivity contribution is 0.282. The Hall–Kier alpha value is -1.10. The molecule has 1 N–H and O–H groups in total. The first kappa shape index (κ1) is 15.3. The Morgan fingerprint density at radius 3 is 2.90 bits per heavy atom. The van der Waals surface area contributed by atoms with Crippen LogP contribution in [0.3, 0.4) is 0 Å². The lowest BCUT2D eigenvalue weighted by atomic mass is 10.0. The minimum Gasteiger partial charge on any atom is -0.270 e. The Balaban J connectivity index is 2.24. The molecule has 5 nitrogen and oxygen atoms in total. The molecule has 0 bridgehead atoms. The van der Waals surface area contributed by atoms with Crippen molar-refractivity contribution >= 4 is 31.8 Å². The van der Waals surface area contributed by atoms with Gasteiger partial charge in [0.15, 0.2) is 0 Å². The highest BCUT2D eigenvalue weighted by atomic mass is 79.9. The summed E-state index contributed by atoms with van der Waals surface area (Å²) in [5, 5.41) is 9.04. The molecule has 1 atom stereocenters. The summed E-state index contributed by atoms with van der Waals surface area (Å²) in [6.07, 6.45) is 1.91. The summed E-state index contributed by atoms with van der Waals surface area (Å²) in [6, 6.07) is 6.88. The third-order valence-corrected chi connectivity index (χ3v) is 5.28. The number of hydrogen-bond acceptors (Lipinski definition) is 3. The normalized spacial score (nSPS) is 20.4. The third kappa shape index (κ3) is 3.51. The Kier molecular flexibility index (Phi) is 4.68. The van der Waals surface area contributed by atoms with Crippen LogP contribution in [0.1, 0.15) is 25.3 Å². The van der Waals surface area contributed by atoms with Crippen molar-refractivity contribution in [2.75, 3.05) is 17.8 Å². The zero-order valence-corrected chi connectivity index (χ0v) is 13.5. The fourth-order valence-corrected chi connectivity index (χ4v) is 4.02. The number of anilines is 1. The van der Waals surface area contributed by atoms with Gasteiger partial charge in [-0.15, -0.1) is 0 Å². The molecule has 1 aromatic carbocycles. The number of nitriles is 1. The number of nitrogens with one attached hydrogen (secondary N) is 1. The van der Waals surface area contributed by atoms with Gasteiger partial charge < -0.3 is 0 Å². The van der Waals surface area contributed by atoms with Gasteiger partial charge in [-0.3, -0.25) is 4.72 Å². The van der Waals surface area contributed by atoms with E-state index < -0.39 is 10.2 Å². The molecule has 20 heavy (non-hydrogen) atoms. The first-order valence-electron chi connectivity index (χ1n) is 6.40. The van der Waals surface area contributed by atoms with E-state index in [1.165, 1.54) is 4.31 Å². The van der Waals surface area contributed by atoms with Crippen LogP contribution in [0.15, 0.2) is 22.7 Å². The fourth-order valence-electron chi connectivity index (χ4n) is 2.27. The highest BCUT2D eigenvalue weighted by Crippen LogP contribution is 2.24. The van der Waals surface area contributed by atoms with E-state index in [4.69, 9.17) is 5.26 Å². The second-order valence-electron chi connectivity index (χ2n) is 5.01. The first-order chi connectivity index (χ1) is 9.42. The molecule has 1 saturated heterocycles. The maximum atomic E-state index is 12.4. The smallest absolute Gasteiger partial charge is 0.270 e. The number of benzene rings is 1. The van der Waals surface area contributed by atoms with Crippen molar-refractivity contribution in [2.45, 2.75) is 19.8 Å². The standard InChI is InChI=1S/C13H16BrN3O2S/c1-10-3-2-6-17(9-10)20(18,19)16-13-7-12(14)5-4-11(13)8-15/h4-5,7,10,16H,2-3,6,9H2,1H3. The van der Waals surface area contributed by atoms with Gasteiger partial charge in [-0.05, 0) is 37.0 Å². The van der Waals surface area contributed by atoms with Crippen LogP contribution in [-0.4, -0.2) is 25.8 Å². The topological polar surface area (TPSA) is 73.2 Å². The van der Waals surface area contributed by atoms with Crippen molar-refractivity contribution in [2.24, 2.45) is 5.92 Å². The van der Waals surface area contributed by atoms with Crippen molar-refractivity contribution in [3.05, 3.63) is 28.2 Å².